The number of oxime groups is 1. The van der Waals surface area contributed by atoms with Gasteiger partial charge in [-0.15, -0.1) is 4.91 Å². The fourth-order valence-electron chi connectivity index (χ4n) is 4.72. The van der Waals surface area contributed by atoms with E-state index in [2.05, 4.69) is 20.2 Å². The average molecular weight is 637 g/mol. The van der Waals surface area contributed by atoms with Crippen molar-refractivity contribution in [1.29, 1.82) is 0 Å². The summed E-state index contributed by atoms with van der Waals surface area (Å²) in [5.74, 6) is -5.10. The van der Waals surface area contributed by atoms with Crippen LogP contribution in [0.5, 0.6) is 0 Å². The highest BCUT2D eigenvalue weighted by molar-refractivity contribution is 6.44. The minimum Gasteiger partial charge on any atom is -0.469 e. The SMILES string of the molecule is COC(=O)CCC1=C(/C(=N/O)C(=O)OC)C(Cc2[nH]c(C(=O)OC(C)(C)C)c(CC(=O)OC)c2CCC(=O)OC)N(N=O)C1=O. The van der Waals surface area contributed by atoms with Crippen LogP contribution >= 0.6 is 0 Å². The first-order valence-electron chi connectivity index (χ1n) is 13.5. The zero-order valence-electron chi connectivity index (χ0n) is 26.0. The molecule has 2 heterocycles. The van der Waals surface area contributed by atoms with Crippen LogP contribution in [-0.4, -0.2) is 96.7 Å². The number of aromatic nitrogens is 1. The number of nitroso groups, excluding NO2 is 1. The lowest BCUT2D eigenvalue weighted by atomic mass is 9.92. The maximum Gasteiger partial charge on any atom is 0.360 e. The molecule has 2 N–H and O–H groups in total. The molecule has 1 aromatic heterocycles. The van der Waals surface area contributed by atoms with Gasteiger partial charge in [0.2, 0.25) is 0 Å². The number of hydrogen-bond donors (Lipinski definition) is 2. The Hall–Kier alpha value is -5.09. The molecule has 0 saturated carbocycles. The van der Waals surface area contributed by atoms with E-state index < -0.39 is 65.9 Å². The summed E-state index contributed by atoms with van der Waals surface area (Å²) in [5, 5.41) is 16.1. The van der Waals surface area contributed by atoms with Gasteiger partial charge in [0, 0.05) is 36.1 Å². The molecule has 0 spiro atoms. The summed E-state index contributed by atoms with van der Waals surface area (Å²) in [6.45, 7) is 4.88. The van der Waals surface area contributed by atoms with Crippen molar-refractivity contribution in [3.8, 4) is 0 Å². The monoisotopic (exact) mass is 636 g/mol. The summed E-state index contributed by atoms with van der Waals surface area (Å²) in [6, 6.07) is -1.44. The van der Waals surface area contributed by atoms with Gasteiger partial charge in [0.05, 0.1) is 46.2 Å². The van der Waals surface area contributed by atoms with Gasteiger partial charge in [0.15, 0.2) is 5.71 Å². The third-order valence-electron chi connectivity index (χ3n) is 6.71. The topological polar surface area (TPSA) is 230 Å². The molecule has 0 aromatic carbocycles. The molecule has 0 saturated heterocycles. The number of amides is 1. The van der Waals surface area contributed by atoms with Crippen molar-refractivity contribution < 1.29 is 57.7 Å². The second kappa shape index (κ2) is 15.6. The van der Waals surface area contributed by atoms with Crippen LogP contribution < -0.4 is 0 Å². The van der Waals surface area contributed by atoms with Gasteiger partial charge in [-0.1, -0.05) is 5.16 Å². The fraction of sp³-hybridized carbons (Fsp3) is 0.536. The van der Waals surface area contributed by atoms with E-state index in [1.807, 2.05) is 0 Å². The van der Waals surface area contributed by atoms with E-state index in [-0.39, 0.29) is 59.3 Å². The molecule has 0 bridgehead atoms. The van der Waals surface area contributed by atoms with E-state index >= 15 is 0 Å². The van der Waals surface area contributed by atoms with Crippen molar-refractivity contribution in [1.82, 2.24) is 9.99 Å². The molecule has 1 aromatic rings. The molecule has 0 fully saturated rings. The van der Waals surface area contributed by atoms with Crippen molar-refractivity contribution >= 4 is 41.5 Å². The minimum atomic E-state index is -1.44. The number of aromatic amines is 1. The van der Waals surface area contributed by atoms with Gasteiger partial charge in [0.25, 0.3) is 5.91 Å². The van der Waals surface area contributed by atoms with E-state index in [0.29, 0.717) is 5.01 Å². The molecule has 17 heteroatoms. The van der Waals surface area contributed by atoms with Crippen LogP contribution in [0.25, 0.3) is 0 Å². The highest BCUT2D eigenvalue weighted by Gasteiger charge is 2.45. The second-order valence-electron chi connectivity index (χ2n) is 10.6. The highest BCUT2D eigenvalue weighted by Crippen LogP contribution is 2.35. The van der Waals surface area contributed by atoms with Gasteiger partial charge in [-0.3, -0.25) is 19.2 Å². The molecule has 246 valence electrons. The summed E-state index contributed by atoms with van der Waals surface area (Å²) >= 11 is 0. The zero-order valence-corrected chi connectivity index (χ0v) is 26.0. The Balaban J connectivity index is 2.86. The Kier molecular flexibility index (Phi) is 12.5. The predicted molar refractivity (Wildman–Crippen MR) is 152 cm³/mol. The summed E-state index contributed by atoms with van der Waals surface area (Å²) in [5.41, 5.74) is -1.89. The maximum absolute atomic E-state index is 13.4. The lowest BCUT2D eigenvalue weighted by Gasteiger charge is -2.20. The predicted octanol–water partition coefficient (Wildman–Crippen LogP) is 1.48. The van der Waals surface area contributed by atoms with Crippen LogP contribution in [-0.2, 0) is 66.9 Å². The van der Waals surface area contributed by atoms with Crippen LogP contribution in [0.4, 0.5) is 0 Å². The number of nitrogens with zero attached hydrogens (tertiary/aromatic N) is 3. The standard InChI is InChI=1S/C28H36N4O13/c1-28(2,3)45-27(38)23-16(12-21(35)43-6)14(8-10-19(33)41-4)17(29-23)13-18-22(24(30-39)26(37)44-7)15(9-11-20(34)42-5)25(36)32(18)31-40/h18,29,39H,8-13H2,1-7H3/b30-24-. The van der Waals surface area contributed by atoms with Gasteiger partial charge in [-0.2, -0.15) is 5.01 Å². The number of ether oxygens (including phenoxy) is 5. The summed E-state index contributed by atoms with van der Waals surface area (Å²) < 4.78 is 24.4. The molecule has 45 heavy (non-hydrogen) atoms. The number of nitrogens with one attached hydrogen (secondary N) is 1. The molecule has 0 aliphatic carbocycles. The van der Waals surface area contributed by atoms with E-state index in [4.69, 9.17) is 18.9 Å². The number of carbonyl (C=O) groups is 6. The van der Waals surface area contributed by atoms with Crippen molar-refractivity contribution in [2.45, 2.75) is 70.9 Å². The first-order valence-corrected chi connectivity index (χ1v) is 13.5. The average Bonchev–Trinajstić information content (AvgIpc) is 3.46. The second-order valence-corrected chi connectivity index (χ2v) is 10.6. The molecule has 1 amide bonds. The van der Waals surface area contributed by atoms with Gasteiger partial charge >= 0.3 is 29.8 Å². The minimum absolute atomic E-state index is 0.0883. The number of H-pyrrole nitrogens is 1. The summed E-state index contributed by atoms with van der Waals surface area (Å²) in [6.07, 6.45) is -1.81. The fourth-order valence-corrected chi connectivity index (χ4v) is 4.72. The maximum atomic E-state index is 13.4. The van der Waals surface area contributed by atoms with Crippen LogP contribution in [0, 0.1) is 4.91 Å². The van der Waals surface area contributed by atoms with Crippen molar-refractivity contribution in [2.24, 2.45) is 10.4 Å². The van der Waals surface area contributed by atoms with Gasteiger partial charge in [0.1, 0.15) is 11.3 Å². The molecule has 2 rings (SSSR count). The van der Waals surface area contributed by atoms with Crippen molar-refractivity contribution in [3.05, 3.63) is 38.6 Å². The Morgan fingerprint density at radius 2 is 1.47 bits per heavy atom. The van der Waals surface area contributed by atoms with Gasteiger partial charge < -0.3 is 33.9 Å². The van der Waals surface area contributed by atoms with Crippen LogP contribution in [0.15, 0.2) is 21.6 Å². The van der Waals surface area contributed by atoms with Crippen LogP contribution in [0.2, 0.25) is 0 Å². The molecular formula is C28H36N4O13. The Labute approximate surface area is 257 Å². The van der Waals surface area contributed by atoms with Gasteiger partial charge in [-0.05, 0) is 44.7 Å². The molecule has 1 atom stereocenters. The normalized spacial score (nSPS) is 15.1. The van der Waals surface area contributed by atoms with Crippen LogP contribution in [0.1, 0.15) is 67.3 Å². The molecule has 0 radical (unpaired) electrons. The van der Waals surface area contributed by atoms with E-state index in [0.717, 1.165) is 21.3 Å². The summed E-state index contributed by atoms with van der Waals surface area (Å²) in [7, 11) is 4.44. The number of esters is 5. The highest BCUT2D eigenvalue weighted by atomic mass is 16.6. The molecular weight excluding hydrogens is 600 g/mol. The number of carbonyl (C=O) groups excluding carboxylic acids is 6. The largest absolute Gasteiger partial charge is 0.469 e. The van der Waals surface area contributed by atoms with Crippen molar-refractivity contribution in [2.75, 3.05) is 28.4 Å². The quantitative estimate of drug-likeness (QED) is 0.0737. The third kappa shape index (κ3) is 8.73. The lowest BCUT2D eigenvalue weighted by Crippen LogP contribution is -2.36. The molecule has 1 aliphatic rings. The Morgan fingerprint density at radius 3 is 1.96 bits per heavy atom. The third-order valence-corrected chi connectivity index (χ3v) is 6.71. The van der Waals surface area contributed by atoms with E-state index in [1.165, 1.54) is 7.11 Å². The smallest absolute Gasteiger partial charge is 0.360 e. The first-order chi connectivity index (χ1) is 21.2. The molecule has 1 aliphatic heterocycles. The first kappa shape index (κ1) is 36.1. The summed E-state index contributed by atoms with van der Waals surface area (Å²) in [4.78, 5) is 90.7. The number of methoxy groups -OCH3 is 4. The van der Waals surface area contributed by atoms with Gasteiger partial charge in [-0.25, -0.2) is 9.59 Å². The van der Waals surface area contributed by atoms with Crippen LogP contribution in [0.3, 0.4) is 0 Å². The van der Waals surface area contributed by atoms with E-state index in [9.17, 15) is 38.9 Å². The zero-order chi connectivity index (χ0) is 34.1. The van der Waals surface area contributed by atoms with Crippen molar-refractivity contribution in [3.63, 3.8) is 0 Å². The Morgan fingerprint density at radius 1 is 0.889 bits per heavy atom. The molecule has 1 unspecified atom stereocenters. The number of hydrogen-bond acceptors (Lipinski definition) is 15. The molecule has 17 nitrogen and oxygen atoms in total. The van der Waals surface area contributed by atoms with E-state index in [1.54, 1.807) is 20.8 Å². The Bertz CT molecular complexity index is 1420. The lowest BCUT2D eigenvalue weighted by molar-refractivity contribution is -0.141. The number of rotatable bonds is 14.